The number of aliphatic hydroxyl groups is 1. The summed E-state index contributed by atoms with van der Waals surface area (Å²) in [6, 6.07) is 2.10. The van der Waals surface area contributed by atoms with Crippen molar-refractivity contribution in [2.75, 3.05) is 6.61 Å². The zero-order chi connectivity index (χ0) is 20.3. The van der Waals surface area contributed by atoms with Gasteiger partial charge in [-0.2, -0.15) is 0 Å². The smallest absolute Gasteiger partial charge is 0.145 e. The predicted octanol–water partition coefficient (Wildman–Crippen LogP) is 5.10. The molecule has 1 N–H and O–H groups in total. The third-order valence-electron chi connectivity index (χ3n) is 10.1. The Balaban J connectivity index is 1.40. The lowest BCUT2D eigenvalue weighted by Crippen LogP contribution is -2.62. The van der Waals surface area contributed by atoms with Crippen molar-refractivity contribution < 1.29 is 19.1 Å². The van der Waals surface area contributed by atoms with Crippen molar-refractivity contribution in [2.24, 2.45) is 28.6 Å². The predicted molar refractivity (Wildman–Crippen MR) is 110 cm³/mol. The first-order chi connectivity index (χ1) is 13.9. The van der Waals surface area contributed by atoms with Crippen LogP contribution in [0.1, 0.15) is 83.1 Å². The highest BCUT2D eigenvalue weighted by molar-refractivity contribution is 5.50. The van der Waals surface area contributed by atoms with Crippen LogP contribution in [0.5, 0.6) is 0 Å². The van der Waals surface area contributed by atoms with E-state index in [2.05, 4.69) is 19.9 Å². The number of hydrogen-bond donors (Lipinski definition) is 1. The molecule has 1 heterocycles. The molecule has 0 saturated heterocycles. The molecule has 4 saturated carbocycles. The molecule has 0 bridgehead atoms. The molecule has 0 spiro atoms. The Bertz CT molecular complexity index is 744. The number of furan rings is 1. The third kappa shape index (κ3) is 2.74. The molecule has 29 heavy (non-hydrogen) atoms. The Morgan fingerprint density at radius 1 is 1.14 bits per heavy atom. The number of fused-ring (bicyclic) bond motifs is 5. The van der Waals surface area contributed by atoms with Gasteiger partial charge in [-0.15, -0.1) is 0 Å². The van der Waals surface area contributed by atoms with Gasteiger partial charge in [0.15, 0.2) is 0 Å². The average molecular weight is 401 g/mol. The van der Waals surface area contributed by atoms with Gasteiger partial charge in [0.25, 0.3) is 0 Å². The fourth-order valence-electron chi connectivity index (χ4n) is 8.52. The van der Waals surface area contributed by atoms with Gasteiger partial charge < -0.3 is 19.1 Å². The van der Waals surface area contributed by atoms with Gasteiger partial charge in [0.1, 0.15) is 12.9 Å². The summed E-state index contributed by atoms with van der Waals surface area (Å²) in [5.41, 5.74) is 0.964. The van der Waals surface area contributed by atoms with E-state index in [0.717, 1.165) is 44.8 Å². The standard InChI is InChI=1S/C25H36O4/c1-23-9-5-19(29-14-12-26)15-18(23)3-4-22-21(23)6-10-24(2)20(7-11-25(22,24)27)17-8-13-28-16-17/h8,12-13,16,18-22,27H,3-7,9-11,14-15H2,1-2H3/t18-,19+,20-,21+,22-,23+,24-,25+/m1/s1. The maximum atomic E-state index is 12.2. The fourth-order valence-corrected chi connectivity index (χ4v) is 8.52. The molecule has 1 aromatic rings. The van der Waals surface area contributed by atoms with Gasteiger partial charge in [0.05, 0.1) is 24.2 Å². The van der Waals surface area contributed by atoms with Crippen LogP contribution in [0, 0.1) is 28.6 Å². The van der Waals surface area contributed by atoms with Crippen LogP contribution in [0.25, 0.3) is 0 Å². The first kappa shape index (κ1) is 19.8. The summed E-state index contributed by atoms with van der Waals surface area (Å²) in [5, 5.41) is 12.2. The topological polar surface area (TPSA) is 59.7 Å². The van der Waals surface area contributed by atoms with E-state index in [1.807, 2.05) is 6.26 Å². The summed E-state index contributed by atoms with van der Waals surface area (Å²) in [4.78, 5) is 10.7. The molecule has 5 rings (SSSR count). The highest BCUT2D eigenvalue weighted by Gasteiger charge is 2.67. The first-order valence-corrected chi connectivity index (χ1v) is 11.7. The molecule has 0 unspecified atom stereocenters. The van der Waals surface area contributed by atoms with Crippen LogP contribution >= 0.6 is 0 Å². The minimum Gasteiger partial charge on any atom is -0.472 e. The van der Waals surface area contributed by atoms with Crippen LogP contribution in [0.3, 0.4) is 0 Å². The molecule has 8 atom stereocenters. The normalized spacial score (nSPS) is 49.1. The lowest BCUT2D eigenvalue weighted by Gasteiger charge is -2.63. The van der Waals surface area contributed by atoms with E-state index in [4.69, 9.17) is 9.15 Å². The van der Waals surface area contributed by atoms with Crippen molar-refractivity contribution in [3.63, 3.8) is 0 Å². The second kappa shape index (κ2) is 6.95. The number of hydrogen-bond acceptors (Lipinski definition) is 4. The molecule has 4 fully saturated rings. The summed E-state index contributed by atoms with van der Waals surface area (Å²) in [5.74, 6) is 2.08. The fraction of sp³-hybridized carbons (Fsp3) is 0.800. The van der Waals surface area contributed by atoms with Gasteiger partial charge >= 0.3 is 0 Å². The van der Waals surface area contributed by atoms with Crippen LogP contribution in [0.2, 0.25) is 0 Å². The number of rotatable bonds is 4. The Hall–Kier alpha value is -1.13. The Kier molecular flexibility index (Phi) is 4.75. The monoisotopic (exact) mass is 400 g/mol. The van der Waals surface area contributed by atoms with Gasteiger partial charge in [-0.05, 0) is 98.5 Å². The highest BCUT2D eigenvalue weighted by atomic mass is 16.5. The first-order valence-electron chi connectivity index (χ1n) is 11.7. The molecule has 0 aromatic carbocycles. The molecule has 0 radical (unpaired) electrons. The van der Waals surface area contributed by atoms with Crippen LogP contribution < -0.4 is 0 Å². The van der Waals surface area contributed by atoms with Gasteiger partial charge in [-0.25, -0.2) is 0 Å². The van der Waals surface area contributed by atoms with Crippen molar-refractivity contribution in [1.82, 2.24) is 0 Å². The van der Waals surface area contributed by atoms with Crippen molar-refractivity contribution in [1.29, 1.82) is 0 Å². The molecule has 4 aliphatic carbocycles. The largest absolute Gasteiger partial charge is 0.472 e. The van der Waals surface area contributed by atoms with Crippen LogP contribution in [-0.4, -0.2) is 29.7 Å². The maximum Gasteiger partial charge on any atom is 0.145 e. The molecule has 160 valence electrons. The number of carbonyl (C=O) groups is 1. The summed E-state index contributed by atoms with van der Waals surface area (Å²) < 4.78 is 11.2. The van der Waals surface area contributed by atoms with E-state index in [-0.39, 0.29) is 18.1 Å². The van der Waals surface area contributed by atoms with Crippen LogP contribution in [-0.2, 0) is 9.53 Å². The molecule has 0 aliphatic heterocycles. The summed E-state index contributed by atoms with van der Waals surface area (Å²) in [7, 11) is 0. The molecular weight excluding hydrogens is 364 g/mol. The molecule has 4 aliphatic rings. The minimum absolute atomic E-state index is 0.0501. The molecule has 4 heteroatoms. The molecule has 4 nitrogen and oxygen atoms in total. The Morgan fingerprint density at radius 2 is 2.00 bits per heavy atom. The van der Waals surface area contributed by atoms with E-state index in [0.29, 0.717) is 29.1 Å². The average Bonchev–Trinajstić information content (AvgIpc) is 3.32. The highest BCUT2D eigenvalue weighted by Crippen LogP contribution is 2.70. The van der Waals surface area contributed by atoms with Crippen molar-refractivity contribution in [3.05, 3.63) is 24.2 Å². The van der Waals surface area contributed by atoms with E-state index in [1.54, 1.807) is 6.26 Å². The van der Waals surface area contributed by atoms with Gasteiger partial charge in [0.2, 0.25) is 0 Å². The lowest BCUT2D eigenvalue weighted by molar-refractivity contribution is -0.207. The van der Waals surface area contributed by atoms with Crippen molar-refractivity contribution in [2.45, 2.75) is 89.3 Å². The van der Waals surface area contributed by atoms with Crippen LogP contribution in [0.15, 0.2) is 23.0 Å². The van der Waals surface area contributed by atoms with E-state index in [9.17, 15) is 9.90 Å². The van der Waals surface area contributed by atoms with Crippen molar-refractivity contribution in [3.8, 4) is 0 Å². The minimum atomic E-state index is -0.559. The quantitative estimate of drug-likeness (QED) is 0.714. The van der Waals surface area contributed by atoms with Crippen LogP contribution in [0.4, 0.5) is 0 Å². The third-order valence-corrected chi connectivity index (χ3v) is 10.1. The number of aldehydes is 1. The van der Waals surface area contributed by atoms with Gasteiger partial charge in [0, 0.05) is 5.41 Å². The van der Waals surface area contributed by atoms with E-state index in [1.165, 1.54) is 24.8 Å². The maximum absolute atomic E-state index is 12.2. The molecular formula is C25H36O4. The SMILES string of the molecule is C[C@]12CC[C@H](OCC=O)C[C@H]1CC[C@@H]1[C@@H]2CC[C@]2(C)[C@@H](c3ccoc3)CC[C@]12O. The summed E-state index contributed by atoms with van der Waals surface area (Å²) >= 11 is 0. The lowest BCUT2D eigenvalue weighted by atomic mass is 9.43. The zero-order valence-electron chi connectivity index (χ0n) is 17.9. The second-order valence-corrected chi connectivity index (χ2v) is 10.9. The number of ether oxygens (including phenoxy) is 1. The van der Waals surface area contributed by atoms with E-state index < -0.39 is 5.60 Å². The van der Waals surface area contributed by atoms with Gasteiger partial charge in [-0.1, -0.05) is 13.8 Å². The molecule has 1 aromatic heterocycles. The zero-order valence-corrected chi connectivity index (χ0v) is 17.9. The Labute approximate surface area is 174 Å². The Morgan fingerprint density at radius 3 is 2.76 bits per heavy atom. The summed E-state index contributed by atoms with van der Waals surface area (Å²) in [6.07, 6.45) is 14.7. The summed E-state index contributed by atoms with van der Waals surface area (Å²) in [6.45, 7) is 5.08. The van der Waals surface area contributed by atoms with Gasteiger partial charge in [-0.3, -0.25) is 0 Å². The van der Waals surface area contributed by atoms with Crippen molar-refractivity contribution >= 4 is 6.29 Å². The number of carbonyl (C=O) groups excluding carboxylic acids is 1. The second-order valence-electron chi connectivity index (χ2n) is 10.9. The molecule has 0 amide bonds. The van der Waals surface area contributed by atoms with E-state index >= 15 is 0 Å².